The van der Waals surface area contributed by atoms with Crippen molar-refractivity contribution in [1.29, 1.82) is 0 Å². The largest absolute Gasteiger partial charge is 0.342 e. The summed E-state index contributed by atoms with van der Waals surface area (Å²) in [5, 5.41) is 2.94. The number of hydrogen-bond donors (Lipinski definition) is 1. The van der Waals surface area contributed by atoms with E-state index in [9.17, 15) is 9.59 Å². The van der Waals surface area contributed by atoms with Crippen LogP contribution in [0.3, 0.4) is 0 Å². The number of nitrogens with zero attached hydrogens (tertiary/aromatic N) is 1. The van der Waals surface area contributed by atoms with E-state index in [1.165, 1.54) is 0 Å². The van der Waals surface area contributed by atoms with Gasteiger partial charge < -0.3 is 10.2 Å². The fraction of sp³-hybridized carbons (Fsp3) is 0.857. The first-order chi connectivity index (χ1) is 9.09. The first-order valence-electron chi connectivity index (χ1n) is 7.27. The van der Waals surface area contributed by atoms with Gasteiger partial charge in [-0.1, -0.05) is 20.8 Å². The normalized spacial score (nSPS) is 19.2. The molecule has 0 atom stereocenters. The first kappa shape index (κ1) is 16.3. The van der Waals surface area contributed by atoms with Crippen LogP contribution in [-0.2, 0) is 9.59 Å². The van der Waals surface area contributed by atoms with Crippen LogP contribution in [0.1, 0.15) is 46.5 Å². The van der Waals surface area contributed by atoms with Gasteiger partial charge in [0.2, 0.25) is 11.8 Å². The number of carbonyl (C=O) groups excluding carboxylic acids is 2. The summed E-state index contributed by atoms with van der Waals surface area (Å²) in [6.45, 7) is 7.41. The summed E-state index contributed by atoms with van der Waals surface area (Å²) >= 11 is 1.89. The van der Waals surface area contributed by atoms with Crippen molar-refractivity contribution in [2.45, 2.75) is 52.0 Å². The molecule has 5 heteroatoms. The lowest BCUT2D eigenvalue weighted by Gasteiger charge is -2.33. The standard InChI is InChI=1S/C14H26N2O2S/c1-4-14(5-2)13(18)16(9-7-11-19-6-3)10-8-12(17)15-14/h4-11H2,1-3H3,(H,15,17). The summed E-state index contributed by atoms with van der Waals surface area (Å²) in [6, 6.07) is 0. The lowest BCUT2D eigenvalue weighted by atomic mass is 9.91. The third-order valence-corrected chi connectivity index (χ3v) is 4.80. The maximum Gasteiger partial charge on any atom is 0.248 e. The van der Waals surface area contributed by atoms with Gasteiger partial charge in [0.05, 0.1) is 0 Å². The van der Waals surface area contributed by atoms with E-state index in [0.29, 0.717) is 25.8 Å². The van der Waals surface area contributed by atoms with Crippen LogP contribution in [0, 0.1) is 0 Å². The SMILES string of the molecule is CCSCCCN1CCC(=O)NC(CC)(CC)C1=O. The fourth-order valence-electron chi connectivity index (χ4n) is 2.47. The average molecular weight is 286 g/mol. The molecule has 0 aromatic heterocycles. The smallest absolute Gasteiger partial charge is 0.248 e. The van der Waals surface area contributed by atoms with Gasteiger partial charge in [-0.3, -0.25) is 9.59 Å². The minimum Gasteiger partial charge on any atom is -0.342 e. The van der Waals surface area contributed by atoms with Gasteiger partial charge in [0.1, 0.15) is 5.54 Å². The molecule has 0 spiro atoms. The van der Waals surface area contributed by atoms with E-state index in [-0.39, 0.29) is 11.8 Å². The van der Waals surface area contributed by atoms with Gasteiger partial charge >= 0.3 is 0 Å². The monoisotopic (exact) mass is 286 g/mol. The van der Waals surface area contributed by atoms with Crippen molar-refractivity contribution in [3.8, 4) is 0 Å². The maximum absolute atomic E-state index is 12.6. The zero-order chi connectivity index (χ0) is 14.3. The number of carbonyl (C=O) groups is 2. The van der Waals surface area contributed by atoms with E-state index in [1.807, 2.05) is 30.5 Å². The van der Waals surface area contributed by atoms with Gasteiger partial charge in [-0.2, -0.15) is 11.8 Å². The molecule has 2 amide bonds. The van der Waals surface area contributed by atoms with Gasteiger partial charge in [-0.15, -0.1) is 0 Å². The molecule has 0 radical (unpaired) electrons. The second kappa shape index (κ2) is 7.78. The zero-order valence-electron chi connectivity index (χ0n) is 12.3. The number of thioether (sulfide) groups is 1. The molecule has 0 aromatic rings. The Morgan fingerprint density at radius 3 is 2.53 bits per heavy atom. The van der Waals surface area contributed by atoms with E-state index in [4.69, 9.17) is 0 Å². The van der Waals surface area contributed by atoms with E-state index < -0.39 is 5.54 Å². The molecule has 4 nitrogen and oxygen atoms in total. The Hall–Kier alpha value is -0.710. The molecule has 1 rings (SSSR count). The Kier molecular flexibility index (Phi) is 6.69. The van der Waals surface area contributed by atoms with Crippen LogP contribution < -0.4 is 5.32 Å². The number of rotatable bonds is 7. The molecule has 110 valence electrons. The van der Waals surface area contributed by atoms with E-state index in [1.54, 1.807) is 0 Å². The van der Waals surface area contributed by atoms with Crippen molar-refractivity contribution in [3.63, 3.8) is 0 Å². The highest BCUT2D eigenvalue weighted by atomic mass is 32.2. The highest BCUT2D eigenvalue weighted by molar-refractivity contribution is 7.99. The summed E-state index contributed by atoms with van der Waals surface area (Å²) in [6.07, 6.45) is 2.75. The van der Waals surface area contributed by atoms with E-state index >= 15 is 0 Å². The second-order valence-corrected chi connectivity index (χ2v) is 6.32. The Morgan fingerprint density at radius 1 is 1.26 bits per heavy atom. The number of hydrogen-bond acceptors (Lipinski definition) is 3. The zero-order valence-corrected chi connectivity index (χ0v) is 13.1. The molecular weight excluding hydrogens is 260 g/mol. The van der Waals surface area contributed by atoms with Crippen molar-refractivity contribution in [1.82, 2.24) is 10.2 Å². The topological polar surface area (TPSA) is 49.4 Å². The maximum atomic E-state index is 12.6. The highest BCUT2D eigenvalue weighted by Gasteiger charge is 2.41. The van der Waals surface area contributed by atoms with Crippen molar-refractivity contribution in [2.75, 3.05) is 24.6 Å². The Balaban J connectivity index is 2.70. The summed E-state index contributed by atoms with van der Waals surface area (Å²) < 4.78 is 0. The molecule has 1 aliphatic heterocycles. The van der Waals surface area contributed by atoms with E-state index in [0.717, 1.165) is 24.5 Å². The molecule has 0 aromatic carbocycles. The van der Waals surface area contributed by atoms with Crippen LogP contribution in [0.4, 0.5) is 0 Å². The molecule has 1 N–H and O–H groups in total. The predicted octanol–water partition coefficient (Wildman–Crippen LogP) is 2.04. The Morgan fingerprint density at radius 2 is 1.95 bits per heavy atom. The molecule has 0 unspecified atom stereocenters. The molecule has 1 saturated heterocycles. The average Bonchev–Trinajstić information content (AvgIpc) is 2.54. The molecule has 1 aliphatic rings. The summed E-state index contributed by atoms with van der Waals surface area (Å²) in [7, 11) is 0. The van der Waals surface area contributed by atoms with Crippen molar-refractivity contribution >= 4 is 23.6 Å². The van der Waals surface area contributed by atoms with Crippen molar-refractivity contribution in [3.05, 3.63) is 0 Å². The number of amides is 2. The van der Waals surface area contributed by atoms with E-state index in [2.05, 4.69) is 12.2 Å². The lowest BCUT2D eigenvalue weighted by Crippen LogP contribution is -2.56. The van der Waals surface area contributed by atoms with Crippen LogP contribution in [0.15, 0.2) is 0 Å². The van der Waals surface area contributed by atoms with Crippen molar-refractivity contribution < 1.29 is 9.59 Å². The quantitative estimate of drug-likeness (QED) is 0.729. The van der Waals surface area contributed by atoms with Crippen LogP contribution in [0.2, 0.25) is 0 Å². The molecule has 1 heterocycles. The van der Waals surface area contributed by atoms with Crippen LogP contribution in [0.5, 0.6) is 0 Å². The van der Waals surface area contributed by atoms with Crippen LogP contribution >= 0.6 is 11.8 Å². The van der Waals surface area contributed by atoms with Crippen LogP contribution in [0.25, 0.3) is 0 Å². The summed E-state index contributed by atoms with van der Waals surface area (Å²) in [5.74, 6) is 2.29. The highest BCUT2D eigenvalue weighted by Crippen LogP contribution is 2.22. The lowest BCUT2D eigenvalue weighted by molar-refractivity contribution is -0.139. The van der Waals surface area contributed by atoms with Gasteiger partial charge in [-0.05, 0) is 30.8 Å². The van der Waals surface area contributed by atoms with Crippen molar-refractivity contribution in [2.24, 2.45) is 0 Å². The van der Waals surface area contributed by atoms with Gasteiger partial charge in [0, 0.05) is 19.5 Å². The molecule has 0 aliphatic carbocycles. The third kappa shape index (κ3) is 4.13. The second-order valence-electron chi connectivity index (χ2n) is 4.93. The van der Waals surface area contributed by atoms with Crippen LogP contribution in [-0.4, -0.2) is 46.8 Å². The molecule has 0 bridgehead atoms. The van der Waals surface area contributed by atoms with Gasteiger partial charge in [0.25, 0.3) is 0 Å². The number of nitrogens with one attached hydrogen (secondary N) is 1. The molecular formula is C14H26N2O2S. The fourth-order valence-corrected chi connectivity index (χ4v) is 3.09. The first-order valence-corrected chi connectivity index (χ1v) is 8.43. The molecule has 0 saturated carbocycles. The van der Waals surface area contributed by atoms with Gasteiger partial charge in [-0.25, -0.2) is 0 Å². The minimum atomic E-state index is -0.675. The third-order valence-electron chi connectivity index (χ3n) is 3.81. The summed E-state index contributed by atoms with van der Waals surface area (Å²) in [4.78, 5) is 26.3. The molecule has 1 fully saturated rings. The van der Waals surface area contributed by atoms with Gasteiger partial charge in [0.15, 0.2) is 0 Å². The predicted molar refractivity (Wildman–Crippen MR) is 80.3 cm³/mol. The Bertz CT molecular complexity index is 317. The molecule has 19 heavy (non-hydrogen) atoms. The minimum absolute atomic E-state index is 0.00230. The summed E-state index contributed by atoms with van der Waals surface area (Å²) in [5.41, 5.74) is -0.675. The Labute approximate surface area is 120 Å².